The molecular weight excluding hydrogens is 358 g/mol. The number of hydrogen-bond acceptors (Lipinski definition) is 4. The number of thiazole rings is 1. The largest absolute Gasteiger partial charge is 0.492 e. The van der Waals surface area contributed by atoms with Crippen LogP contribution in [0.2, 0.25) is 0 Å². The van der Waals surface area contributed by atoms with Gasteiger partial charge in [0.05, 0.1) is 13.1 Å². The van der Waals surface area contributed by atoms with E-state index in [1.807, 2.05) is 0 Å². The molecule has 26 heavy (non-hydrogen) atoms. The first-order valence-electron chi connectivity index (χ1n) is 8.78. The van der Waals surface area contributed by atoms with E-state index in [9.17, 15) is 13.9 Å². The van der Waals surface area contributed by atoms with E-state index in [4.69, 9.17) is 0 Å². The molecule has 0 saturated carbocycles. The number of nitrogens with one attached hydrogen (secondary N) is 1. The lowest BCUT2D eigenvalue weighted by atomic mass is 9.95. The second-order valence-electron chi connectivity index (χ2n) is 7.09. The van der Waals surface area contributed by atoms with Crippen molar-refractivity contribution in [3.8, 4) is 5.88 Å². The molecule has 1 aromatic carbocycles. The summed E-state index contributed by atoms with van der Waals surface area (Å²) >= 11 is 1.35. The number of fused-ring (bicyclic) bond motifs is 1. The van der Waals surface area contributed by atoms with E-state index in [1.165, 1.54) is 26.8 Å². The van der Waals surface area contributed by atoms with Gasteiger partial charge in [0, 0.05) is 5.56 Å². The Morgan fingerprint density at radius 2 is 2.00 bits per heavy atom. The molecule has 8 heteroatoms. The molecule has 0 aliphatic carbocycles. The predicted molar refractivity (Wildman–Crippen MR) is 94.6 cm³/mol. The van der Waals surface area contributed by atoms with Crippen LogP contribution in [0.1, 0.15) is 42.1 Å². The van der Waals surface area contributed by atoms with Crippen LogP contribution in [-0.2, 0) is 0 Å². The third kappa shape index (κ3) is 2.97. The molecule has 1 aliphatic rings. The van der Waals surface area contributed by atoms with Crippen LogP contribution in [-0.4, -0.2) is 32.8 Å². The molecule has 2 aromatic heterocycles. The molecule has 0 amide bonds. The number of nitrogens with zero attached hydrogens (tertiary/aromatic N) is 3. The van der Waals surface area contributed by atoms with Crippen molar-refractivity contribution in [1.29, 1.82) is 0 Å². The highest BCUT2D eigenvalue weighted by Crippen LogP contribution is 2.35. The van der Waals surface area contributed by atoms with Crippen LogP contribution in [0.5, 0.6) is 5.88 Å². The van der Waals surface area contributed by atoms with Gasteiger partial charge in [0.1, 0.15) is 10.7 Å². The van der Waals surface area contributed by atoms with E-state index in [1.54, 1.807) is 13.0 Å². The minimum Gasteiger partial charge on any atom is -0.492 e. The van der Waals surface area contributed by atoms with Crippen LogP contribution in [0.3, 0.4) is 0 Å². The maximum atomic E-state index is 13.9. The van der Waals surface area contributed by atoms with Crippen LogP contribution >= 0.6 is 11.3 Å². The zero-order chi connectivity index (χ0) is 18.4. The lowest BCUT2D eigenvalue weighted by Crippen LogP contribution is -3.13. The lowest BCUT2D eigenvalue weighted by Gasteiger charge is -2.33. The fraction of sp³-hybridized carbons (Fsp3) is 0.444. The summed E-state index contributed by atoms with van der Waals surface area (Å²) in [4.78, 5) is 6.86. The Bertz CT molecular complexity index is 946. The maximum Gasteiger partial charge on any atom is 0.235 e. The van der Waals surface area contributed by atoms with Crippen molar-refractivity contribution in [2.75, 3.05) is 13.1 Å². The Kier molecular flexibility index (Phi) is 4.40. The van der Waals surface area contributed by atoms with Gasteiger partial charge in [-0.3, -0.25) is 0 Å². The van der Waals surface area contributed by atoms with Gasteiger partial charge in [-0.1, -0.05) is 18.3 Å². The number of aryl methyl sites for hydroxylation is 1. The van der Waals surface area contributed by atoms with Gasteiger partial charge in [0.15, 0.2) is 17.7 Å². The van der Waals surface area contributed by atoms with E-state index >= 15 is 0 Å². The van der Waals surface area contributed by atoms with Crippen molar-refractivity contribution in [3.05, 3.63) is 46.1 Å². The molecule has 5 nitrogen and oxygen atoms in total. The first-order chi connectivity index (χ1) is 12.4. The number of piperidine rings is 1. The van der Waals surface area contributed by atoms with Gasteiger partial charge in [-0.25, -0.2) is 13.8 Å². The van der Waals surface area contributed by atoms with Gasteiger partial charge in [0.25, 0.3) is 0 Å². The molecule has 138 valence electrons. The summed E-state index contributed by atoms with van der Waals surface area (Å²) in [5.74, 6) is -0.458. The number of aromatic nitrogens is 3. The summed E-state index contributed by atoms with van der Waals surface area (Å²) < 4.78 is 28.8. The van der Waals surface area contributed by atoms with E-state index in [0.29, 0.717) is 27.1 Å². The standard InChI is InChI=1S/C18H20F2N4OS/c1-10-5-7-23(8-6-10)15(12-3-4-13(19)14(20)9-12)16-17(25)24-18(26-16)21-11(2)22-24/h3-4,9-10,15,25H,5-8H2,1-2H3/p+1/t15-/m0/s1. The van der Waals surface area contributed by atoms with Gasteiger partial charge < -0.3 is 10.0 Å². The number of quaternary nitrogens is 1. The highest BCUT2D eigenvalue weighted by Gasteiger charge is 2.35. The average Bonchev–Trinajstić information content (AvgIpc) is 3.11. The molecule has 0 spiro atoms. The molecular formula is C18H21F2N4OS+. The van der Waals surface area contributed by atoms with Crippen molar-refractivity contribution in [3.63, 3.8) is 0 Å². The molecule has 3 aromatic rings. The molecule has 1 aliphatic heterocycles. The minimum absolute atomic E-state index is 0.0338. The molecule has 1 saturated heterocycles. The van der Waals surface area contributed by atoms with Crippen molar-refractivity contribution in [2.24, 2.45) is 5.92 Å². The smallest absolute Gasteiger partial charge is 0.235 e. The highest BCUT2D eigenvalue weighted by molar-refractivity contribution is 7.17. The van der Waals surface area contributed by atoms with Gasteiger partial charge >= 0.3 is 0 Å². The first kappa shape index (κ1) is 17.4. The van der Waals surface area contributed by atoms with E-state index < -0.39 is 11.6 Å². The fourth-order valence-corrected chi connectivity index (χ4v) is 4.91. The summed E-state index contributed by atoms with van der Waals surface area (Å²) in [6, 6.07) is 3.73. The van der Waals surface area contributed by atoms with Gasteiger partial charge in [-0.15, -0.1) is 5.10 Å². The number of halogens is 2. The average molecular weight is 379 g/mol. The molecule has 0 radical (unpaired) electrons. The summed E-state index contributed by atoms with van der Waals surface area (Å²) in [7, 11) is 0. The minimum atomic E-state index is -0.868. The van der Waals surface area contributed by atoms with Crippen LogP contribution in [0.25, 0.3) is 4.96 Å². The molecule has 0 unspecified atom stereocenters. The Labute approximate surface area is 153 Å². The second kappa shape index (κ2) is 6.59. The molecule has 0 bridgehead atoms. The number of hydrogen-bond donors (Lipinski definition) is 2. The van der Waals surface area contributed by atoms with E-state index in [-0.39, 0.29) is 11.9 Å². The Morgan fingerprint density at radius 1 is 1.27 bits per heavy atom. The van der Waals surface area contributed by atoms with Crippen molar-refractivity contribution in [1.82, 2.24) is 14.6 Å². The molecule has 4 rings (SSSR count). The monoisotopic (exact) mass is 379 g/mol. The Morgan fingerprint density at radius 3 is 2.65 bits per heavy atom. The summed E-state index contributed by atoms with van der Waals surface area (Å²) in [5.41, 5.74) is 0.657. The fourth-order valence-electron chi connectivity index (χ4n) is 3.72. The Hall–Kier alpha value is -2.06. The number of rotatable bonds is 3. The normalized spacial score (nSPS) is 22.0. The molecule has 1 fully saturated rings. The first-order valence-corrected chi connectivity index (χ1v) is 9.60. The van der Waals surface area contributed by atoms with Crippen LogP contribution < -0.4 is 4.90 Å². The molecule has 3 heterocycles. The zero-order valence-corrected chi connectivity index (χ0v) is 15.5. The van der Waals surface area contributed by atoms with Crippen molar-refractivity contribution >= 4 is 16.3 Å². The maximum absolute atomic E-state index is 13.9. The topological polar surface area (TPSA) is 54.9 Å². The summed E-state index contributed by atoms with van der Waals surface area (Å²) in [6.45, 7) is 5.82. The number of aromatic hydroxyl groups is 1. The zero-order valence-electron chi connectivity index (χ0n) is 14.7. The summed E-state index contributed by atoms with van der Waals surface area (Å²) in [5, 5.41) is 15.0. The quantitative estimate of drug-likeness (QED) is 0.735. The van der Waals surface area contributed by atoms with Crippen LogP contribution in [0.4, 0.5) is 8.78 Å². The third-order valence-electron chi connectivity index (χ3n) is 5.17. The van der Waals surface area contributed by atoms with Crippen molar-refractivity contribution < 1.29 is 18.8 Å². The second-order valence-corrected chi connectivity index (χ2v) is 8.10. The number of likely N-dealkylation sites (tertiary alicyclic amines) is 1. The van der Waals surface area contributed by atoms with Crippen LogP contribution in [0.15, 0.2) is 18.2 Å². The van der Waals surface area contributed by atoms with Crippen LogP contribution in [0, 0.1) is 24.5 Å². The van der Waals surface area contributed by atoms with E-state index in [2.05, 4.69) is 17.0 Å². The summed E-state index contributed by atoms with van der Waals surface area (Å²) in [6.07, 6.45) is 2.13. The van der Waals surface area contributed by atoms with E-state index in [0.717, 1.165) is 32.0 Å². The van der Waals surface area contributed by atoms with Crippen molar-refractivity contribution in [2.45, 2.75) is 32.7 Å². The number of benzene rings is 1. The SMILES string of the molecule is Cc1nc2sc([C@H](c3ccc(F)c(F)c3)[NH+]3CCC(C)CC3)c(O)n2n1. The van der Waals surface area contributed by atoms with Gasteiger partial charge in [-0.05, 0) is 43.9 Å². The predicted octanol–water partition coefficient (Wildman–Crippen LogP) is 2.49. The van der Waals surface area contributed by atoms with Gasteiger partial charge in [-0.2, -0.15) is 4.52 Å². The van der Waals surface area contributed by atoms with Gasteiger partial charge in [0.2, 0.25) is 10.8 Å². The highest BCUT2D eigenvalue weighted by atomic mass is 32.1. The molecule has 1 atom stereocenters. The third-order valence-corrected chi connectivity index (χ3v) is 6.25. The molecule has 2 N–H and O–H groups in total. The Balaban J connectivity index is 1.82. The lowest BCUT2D eigenvalue weighted by molar-refractivity contribution is -0.931.